The molecule has 1 aromatic carbocycles. The van der Waals surface area contributed by atoms with Crippen molar-refractivity contribution in [1.82, 2.24) is 24.9 Å². The Balaban J connectivity index is 1.18. The summed E-state index contributed by atoms with van der Waals surface area (Å²) in [5.74, 6) is 0.688. The van der Waals surface area contributed by atoms with Crippen molar-refractivity contribution in [3.8, 4) is 6.01 Å². The lowest BCUT2D eigenvalue weighted by molar-refractivity contribution is -0.169. The van der Waals surface area contributed by atoms with Crippen LogP contribution < -0.4 is 9.64 Å². The van der Waals surface area contributed by atoms with Crippen LogP contribution in [0.2, 0.25) is 0 Å². The van der Waals surface area contributed by atoms with Gasteiger partial charge in [0.25, 0.3) is 0 Å². The Morgan fingerprint density at radius 1 is 1.03 bits per heavy atom. The maximum absolute atomic E-state index is 5.95. The number of hydrogen-bond donors (Lipinski definition) is 1. The third kappa shape index (κ3) is 5.45. The molecule has 0 radical (unpaired) electrons. The summed E-state index contributed by atoms with van der Waals surface area (Å²) in [6, 6.07) is 14.3. The van der Waals surface area contributed by atoms with Crippen molar-refractivity contribution in [2.75, 3.05) is 37.8 Å². The molecule has 2 aliphatic rings. The van der Waals surface area contributed by atoms with Crippen LogP contribution in [0.4, 0.5) is 5.95 Å². The number of hydrogen-bond acceptors (Lipinski definition) is 9. The number of nitrogens with zero attached hydrogens (tertiary/aromatic N) is 6. The van der Waals surface area contributed by atoms with E-state index < -0.39 is 5.79 Å². The topological polar surface area (TPSA) is 111 Å². The number of para-hydroxylation sites is 1. The standard InChI is InChI=1S/C27H29N7O3/c1-2-7-23-22(6-1)20(18-30-23)17-28-19-24-31-25(34-12-9-27(10-13-34)36-15-16-37-27)33-26(32-24)35-14-8-21-5-3-4-11-29-21/h1-7,11,17-18,30H,8-10,12-16,19H2. The molecule has 10 nitrogen and oxygen atoms in total. The summed E-state index contributed by atoms with van der Waals surface area (Å²) >= 11 is 0. The molecule has 0 unspecified atom stereocenters. The van der Waals surface area contributed by atoms with Crippen LogP contribution in [0.1, 0.15) is 29.9 Å². The molecule has 5 heterocycles. The molecule has 0 atom stereocenters. The molecule has 0 saturated carbocycles. The number of rotatable bonds is 8. The first-order chi connectivity index (χ1) is 18.3. The van der Waals surface area contributed by atoms with Crippen LogP contribution in [0.3, 0.4) is 0 Å². The van der Waals surface area contributed by atoms with Crippen molar-refractivity contribution >= 4 is 23.1 Å². The van der Waals surface area contributed by atoms with E-state index in [-0.39, 0.29) is 0 Å². The molecular weight excluding hydrogens is 470 g/mol. The Morgan fingerprint density at radius 3 is 2.70 bits per heavy atom. The first kappa shape index (κ1) is 23.5. The average Bonchev–Trinajstić information content (AvgIpc) is 3.57. The van der Waals surface area contributed by atoms with Gasteiger partial charge in [-0.2, -0.15) is 15.0 Å². The number of benzene rings is 1. The van der Waals surface area contributed by atoms with E-state index in [1.54, 1.807) is 6.20 Å². The zero-order chi connectivity index (χ0) is 24.9. The number of nitrogens with one attached hydrogen (secondary N) is 1. The molecular formula is C27H29N7O3. The molecule has 6 rings (SSSR count). The van der Waals surface area contributed by atoms with E-state index >= 15 is 0 Å². The van der Waals surface area contributed by atoms with Gasteiger partial charge >= 0.3 is 6.01 Å². The summed E-state index contributed by atoms with van der Waals surface area (Å²) in [6.45, 7) is 3.50. The van der Waals surface area contributed by atoms with Gasteiger partial charge in [-0.3, -0.25) is 9.98 Å². The second-order valence-corrected chi connectivity index (χ2v) is 9.11. The van der Waals surface area contributed by atoms with Crippen molar-refractivity contribution in [1.29, 1.82) is 0 Å². The summed E-state index contributed by atoms with van der Waals surface area (Å²) in [6.07, 6.45) is 7.78. The first-order valence-electron chi connectivity index (χ1n) is 12.6. The minimum Gasteiger partial charge on any atom is -0.463 e. The molecule has 1 N–H and O–H groups in total. The molecule has 0 aliphatic carbocycles. The summed E-state index contributed by atoms with van der Waals surface area (Å²) in [5.41, 5.74) is 3.06. The molecule has 2 aliphatic heterocycles. The number of aromatic nitrogens is 5. The van der Waals surface area contributed by atoms with Crippen LogP contribution in [0, 0.1) is 0 Å². The van der Waals surface area contributed by atoms with Gasteiger partial charge < -0.3 is 24.1 Å². The van der Waals surface area contributed by atoms with Crippen molar-refractivity contribution in [3.05, 3.63) is 71.9 Å². The van der Waals surface area contributed by atoms with Gasteiger partial charge in [0.15, 0.2) is 11.6 Å². The van der Waals surface area contributed by atoms with E-state index in [0.29, 0.717) is 50.6 Å². The molecule has 2 saturated heterocycles. The highest BCUT2D eigenvalue weighted by Gasteiger charge is 2.40. The van der Waals surface area contributed by atoms with Gasteiger partial charge in [0.1, 0.15) is 0 Å². The van der Waals surface area contributed by atoms with E-state index in [1.807, 2.05) is 48.8 Å². The Labute approximate surface area is 214 Å². The predicted molar refractivity (Wildman–Crippen MR) is 139 cm³/mol. The fraction of sp³-hybridized carbons (Fsp3) is 0.370. The largest absolute Gasteiger partial charge is 0.463 e. The number of aliphatic imine (C=N–C) groups is 1. The van der Waals surface area contributed by atoms with Gasteiger partial charge in [-0.15, -0.1) is 0 Å². The molecule has 2 fully saturated rings. The van der Waals surface area contributed by atoms with Crippen LogP contribution in [0.5, 0.6) is 6.01 Å². The van der Waals surface area contributed by atoms with Crippen LogP contribution in [0.15, 0.2) is 59.9 Å². The molecule has 0 bridgehead atoms. The molecule has 4 aromatic rings. The molecule has 190 valence electrons. The number of anilines is 1. The lowest BCUT2D eigenvalue weighted by Crippen LogP contribution is -2.45. The van der Waals surface area contributed by atoms with Crippen molar-refractivity contribution in [2.45, 2.75) is 31.6 Å². The zero-order valence-electron chi connectivity index (χ0n) is 20.5. The van der Waals surface area contributed by atoms with E-state index in [0.717, 1.165) is 48.1 Å². The Hall–Kier alpha value is -3.89. The summed E-state index contributed by atoms with van der Waals surface area (Å²) < 4.78 is 17.7. The van der Waals surface area contributed by atoms with Gasteiger partial charge in [-0.25, -0.2) is 0 Å². The maximum Gasteiger partial charge on any atom is 0.321 e. The van der Waals surface area contributed by atoms with Crippen molar-refractivity contribution < 1.29 is 14.2 Å². The van der Waals surface area contributed by atoms with E-state index in [9.17, 15) is 0 Å². The van der Waals surface area contributed by atoms with Crippen molar-refractivity contribution in [2.24, 2.45) is 4.99 Å². The number of ether oxygens (including phenoxy) is 3. The minimum atomic E-state index is -0.460. The fourth-order valence-electron chi connectivity index (χ4n) is 4.72. The second-order valence-electron chi connectivity index (χ2n) is 9.11. The number of pyridine rings is 1. The smallest absolute Gasteiger partial charge is 0.321 e. The highest BCUT2D eigenvalue weighted by molar-refractivity contribution is 5.98. The SMILES string of the molecule is C(=NCc1nc(OCCc2ccccn2)nc(N2CCC3(CC2)OCCO3)n1)c1c[nH]c2ccccc12. The van der Waals surface area contributed by atoms with Crippen molar-refractivity contribution in [3.63, 3.8) is 0 Å². The van der Waals surface area contributed by atoms with Crippen LogP contribution in [-0.4, -0.2) is 69.8 Å². The average molecular weight is 500 g/mol. The third-order valence-electron chi connectivity index (χ3n) is 6.67. The van der Waals surface area contributed by atoms with Crippen LogP contribution in [0.25, 0.3) is 10.9 Å². The lowest BCUT2D eigenvalue weighted by Gasteiger charge is -2.37. The Morgan fingerprint density at radius 2 is 1.86 bits per heavy atom. The molecule has 3 aromatic heterocycles. The second kappa shape index (κ2) is 10.6. The van der Waals surface area contributed by atoms with E-state index in [4.69, 9.17) is 19.2 Å². The zero-order valence-corrected chi connectivity index (χ0v) is 20.5. The van der Waals surface area contributed by atoms with Crippen LogP contribution >= 0.6 is 0 Å². The van der Waals surface area contributed by atoms with Gasteiger partial charge in [0.2, 0.25) is 5.95 Å². The Kier molecular flexibility index (Phi) is 6.74. The highest BCUT2D eigenvalue weighted by Crippen LogP contribution is 2.32. The normalized spacial score (nSPS) is 17.2. The minimum absolute atomic E-state index is 0.298. The molecule has 1 spiro atoms. The molecule has 37 heavy (non-hydrogen) atoms. The van der Waals surface area contributed by atoms with Gasteiger partial charge in [-0.05, 0) is 18.2 Å². The van der Waals surface area contributed by atoms with Gasteiger partial charge in [0, 0.05) is 73.1 Å². The highest BCUT2D eigenvalue weighted by atomic mass is 16.7. The first-order valence-corrected chi connectivity index (χ1v) is 12.6. The predicted octanol–water partition coefficient (Wildman–Crippen LogP) is 3.33. The summed E-state index contributed by atoms with van der Waals surface area (Å²) in [5, 5.41) is 1.12. The lowest BCUT2D eigenvalue weighted by atomic mass is 10.0. The quantitative estimate of drug-likeness (QED) is 0.368. The number of piperidine rings is 1. The maximum atomic E-state index is 5.95. The molecule has 10 heteroatoms. The van der Waals surface area contributed by atoms with E-state index in [1.165, 1.54) is 0 Å². The summed E-state index contributed by atoms with van der Waals surface area (Å²) in [7, 11) is 0. The molecule has 0 amide bonds. The third-order valence-corrected chi connectivity index (χ3v) is 6.67. The van der Waals surface area contributed by atoms with Crippen LogP contribution in [-0.2, 0) is 22.4 Å². The monoisotopic (exact) mass is 499 g/mol. The number of aromatic amines is 1. The fourth-order valence-corrected chi connectivity index (χ4v) is 4.72. The summed E-state index contributed by atoms with van der Waals surface area (Å²) in [4.78, 5) is 28.3. The van der Waals surface area contributed by atoms with Gasteiger partial charge in [0.05, 0.1) is 26.4 Å². The number of H-pyrrole nitrogens is 1. The van der Waals surface area contributed by atoms with Gasteiger partial charge in [-0.1, -0.05) is 24.3 Å². The number of fused-ring (bicyclic) bond motifs is 1. The van der Waals surface area contributed by atoms with E-state index in [2.05, 4.69) is 35.9 Å². The Bertz CT molecular complexity index is 1360.